The molecule has 0 aromatic heterocycles. The zero-order valence-electron chi connectivity index (χ0n) is 7.52. The monoisotopic (exact) mass is 215 g/mol. The molecule has 2 atom stereocenters. The summed E-state index contributed by atoms with van der Waals surface area (Å²) in [5.74, 6) is -4.01. The highest BCUT2D eigenvalue weighted by Gasteiger charge is 2.41. The first-order chi connectivity index (χ1) is 6.43. The van der Waals surface area contributed by atoms with Crippen LogP contribution < -0.4 is 5.32 Å². The fraction of sp³-hybridized carbons (Fsp3) is 1.00. The highest BCUT2D eigenvalue weighted by molar-refractivity contribution is 4.85. The molecule has 14 heavy (non-hydrogen) atoms. The Bertz CT molecular complexity index is 188. The normalized spacial score (nSPS) is 28.7. The van der Waals surface area contributed by atoms with E-state index in [1.54, 1.807) is 0 Å². The van der Waals surface area contributed by atoms with Gasteiger partial charge in [0.1, 0.15) is 0 Å². The molecule has 1 rings (SSSR count). The zero-order chi connectivity index (χ0) is 10.8. The summed E-state index contributed by atoms with van der Waals surface area (Å²) in [6, 6.07) is -0.473. The van der Waals surface area contributed by atoms with Crippen LogP contribution in [0.4, 0.5) is 17.6 Å². The van der Waals surface area contributed by atoms with Crippen LogP contribution in [0.3, 0.4) is 0 Å². The Morgan fingerprint density at radius 3 is 2.43 bits per heavy atom. The van der Waals surface area contributed by atoms with Crippen molar-refractivity contribution < 1.29 is 22.7 Å². The Kier molecular flexibility index (Phi) is 3.71. The van der Waals surface area contributed by atoms with Crippen LogP contribution in [0.2, 0.25) is 0 Å². The molecular weight excluding hydrogens is 202 g/mol. The van der Waals surface area contributed by atoms with Gasteiger partial charge in [0.15, 0.2) is 0 Å². The van der Waals surface area contributed by atoms with Gasteiger partial charge in [0.25, 0.3) is 0 Å². The van der Waals surface area contributed by atoms with Crippen LogP contribution in [0.25, 0.3) is 0 Å². The Hall–Kier alpha value is -0.360. The molecule has 6 heteroatoms. The molecule has 2 unspecified atom stereocenters. The SMILES string of the molecule is OC1CCCC1NCC(F)(F)C(F)F. The summed E-state index contributed by atoms with van der Waals surface area (Å²) >= 11 is 0. The van der Waals surface area contributed by atoms with Gasteiger partial charge < -0.3 is 10.4 Å². The third-order valence-corrected chi connectivity index (χ3v) is 2.40. The Morgan fingerprint density at radius 2 is 2.00 bits per heavy atom. The van der Waals surface area contributed by atoms with Gasteiger partial charge in [-0.2, -0.15) is 8.78 Å². The smallest absolute Gasteiger partial charge is 0.319 e. The average Bonchev–Trinajstić information content (AvgIpc) is 2.47. The van der Waals surface area contributed by atoms with Gasteiger partial charge in [-0.1, -0.05) is 0 Å². The lowest BCUT2D eigenvalue weighted by atomic mass is 10.2. The molecule has 1 fully saturated rings. The second-order valence-electron chi connectivity index (χ2n) is 3.55. The summed E-state index contributed by atoms with van der Waals surface area (Å²) in [6.45, 7) is -1.08. The van der Waals surface area contributed by atoms with E-state index in [0.717, 1.165) is 6.42 Å². The first-order valence-corrected chi connectivity index (χ1v) is 4.51. The molecule has 0 radical (unpaired) electrons. The number of rotatable bonds is 4. The maximum absolute atomic E-state index is 12.4. The van der Waals surface area contributed by atoms with Crippen LogP contribution in [0.5, 0.6) is 0 Å². The van der Waals surface area contributed by atoms with Crippen molar-refractivity contribution in [3.63, 3.8) is 0 Å². The molecule has 1 aliphatic rings. The molecule has 0 heterocycles. The fourth-order valence-corrected chi connectivity index (χ4v) is 1.52. The van der Waals surface area contributed by atoms with Crippen molar-refractivity contribution in [2.24, 2.45) is 0 Å². The number of hydrogen-bond acceptors (Lipinski definition) is 2. The predicted molar refractivity (Wildman–Crippen MR) is 42.6 cm³/mol. The molecule has 0 aromatic carbocycles. The van der Waals surface area contributed by atoms with Crippen molar-refractivity contribution in [3.8, 4) is 0 Å². The van der Waals surface area contributed by atoms with Crippen LogP contribution in [0, 0.1) is 0 Å². The lowest BCUT2D eigenvalue weighted by Gasteiger charge is -2.21. The molecule has 0 amide bonds. The highest BCUT2D eigenvalue weighted by Crippen LogP contribution is 2.24. The third-order valence-electron chi connectivity index (χ3n) is 2.40. The van der Waals surface area contributed by atoms with Crippen molar-refractivity contribution in [2.45, 2.75) is 43.8 Å². The number of nitrogens with one attached hydrogen (secondary N) is 1. The Labute approximate surface area is 79.3 Å². The fourth-order valence-electron chi connectivity index (χ4n) is 1.52. The van der Waals surface area contributed by atoms with Crippen molar-refractivity contribution in [1.29, 1.82) is 0 Å². The molecule has 1 aliphatic carbocycles. The number of alkyl halides is 4. The second-order valence-corrected chi connectivity index (χ2v) is 3.55. The number of halogens is 4. The van der Waals surface area contributed by atoms with Gasteiger partial charge in [0.2, 0.25) is 0 Å². The summed E-state index contributed by atoms with van der Waals surface area (Å²) < 4.78 is 48.3. The van der Waals surface area contributed by atoms with E-state index in [9.17, 15) is 22.7 Å². The maximum Gasteiger partial charge on any atom is 0.319 e. The van der Waals surface area contributed by atoms with E-state index in [1.165, 1.54) is 0 Å². The first kappa shape index (κ1) is 11.7. The molecule has 0 aliphatic heterocycles. The van der Waals surface area contributed by atoms with Crippen LogP contribution in [0.15, 0.2) is 0 Å². The van der Waals surface area contributed by atoms with Gasteiger partial charge in [0, 0.05) is 6.04 Å². The van der Waals surface area contributed by atoms with E-state index >= 15 is 0 Å². The summed E-state index contributed by atoms with van der Waals surface area (Å²) in [5, 5.41) is 11.5. The molecule has 2 nitrogen and oxygen atoms in total. The van der Waals surface area contributed by atoms with Gasteiger partial charge in [-0.15, -0.1) is 0 Å². The summed E-state index contributed by atoms with van der Waals surface area (Å²) in [6.07, 6.45) is -2.52. The predicted octanol–water partition coefficient (Wildman–Crippen LogP) is 1.39. The van der Waals surface area contributed by atoms with Crippen molar-refractivity contribution >= 4 is 0 Å². The minimum atomic E-state index is -4.01. The lowest BCUT2D eigenvalue weighted by molar-refractivity contribution is -0.127. The molecule has 2 N–H and O–H groups in total. The van der Waals surface area contributed by atoms with E-state index in [2.05, 4.69) is 5.32 Å². The lowest BCUT2D eigenvalue weighted by Crippen LogP contribution is -2.45. The topological polar surface area (TPSA) is 32.3 Å². The zero-order valence-corrected chi connectivity index (χ0v) is 7.52. The van der Waals surface area contributed by atoms with Crippen molar-refractivity contribution in [1.82, 2.24) is 5.32 Å². The van der Waals surface area contributed by atoms with Crippen LogP contribution in [-0.2, 0) is 0 Å². The summed E-state index contributed by atoms with van der Waals surface area (Å²) in [7, 11) is 0. The molecule has 0 aromatic rings. The minimum absolute atomic E-state index is 0.473. The van der Waals surface area contributed by atoms with E-state index in [0.29, 0.717) is 12.8 Å². The van der Waals surface area contributed by atoms with Crippen LogP contribution in [-0.4, -0.2) is 36.1 Å². The standard InChI is InChI=1S/C8H13F4NO/c9-7(10)8(11,12)4-13-5-2-1-3-6(5)14/h5-7,13-14H,1-4H2. The molecule has 0 saturated heterocycles. The Morgan fingerprint density at radius 1 is 1.36 bits per heavy atom. The van der Waals surface area contributed by atoms with Crippen LogP contribution in [0.1, 0.15) is 19.3 Å². The number of hydrogen-bond donors (Lipinski definition) is 2. The quantitative estimate of drug-likeness (QED) is 0.694. The first-order valence-electron chi connectivity index (χ1n) is 4.51. The molecule has 84 valence electrons. The van der Waals surface area contributed by atoms with E-state index < -0.39 is 31.0 Å². The Balaban J connectivity index is 2.32. The van der Waals surface area contributed by atoms with Gasteiger partial charge in [-0.3, -0.25) is 0 Å². The largest absolute Gasteiger partial charge is 0.392 e. The maximum atomic E-state index is 12.4. The van der Waals surface area contributed by atoms with Gasteiger partial charge in [0.05, 0.1) is 12.6 Å². The van der Waals surface area contributed by atoms with E-state index in [4.69, 9.17) is 0 Å². The minimum Gasteiger partial charge on any atom is -0.392 e. The van der Waals surface area contributed by atoms with Crippen molar-refractivity contribution in [2.75, 3.05) is 6.54 Å². The molecule has 0 spiro atoms. The number of aliphatic hydroxyl groups excluding tert-OH is 1. The third kappa shape index (κ3) is 2.81. The molecular formula is C8H13F4NO. The van der Waals surface area contributed by atoms with Crippen molar-refractivity contribution in [3.05, 3.63) is 0 Å². The average molecular weight is 215 g/mol. The highest BCUT2D eigenvalue weighted by atomic mass is 19.3. The van der Waals surface area contributed by atoms with Gasteiger partial charge in [-0.25, -0.2) is 8.78 Å². The summed E-state index contributed by atoms with van der Waals surface area (Å²) in [4.78, 5) is 0. The second kappa shape index (κ2) is 4.44. The molecule has 1 saturated carbocycles. The van der Waals surface area contributed by atoms with Gasteiger partial charge in [-0.05, 0) is 19.3 Å². The summed E-state index contributed by atoms with van der Waals surface area (Å²) in [5.41, 5.74) is 0. The number of aliphatic hydroxyl groups is 1. The van der Waals surface area contributed by atoms with Crippen LogP contribution >= 0.6 is 0 Å². The van der Waals surface area contributed by atoms with E-state index in [1.807, 2.05) is 0 Å². The van der Waals surface area contributed by atoms with Gasteiger partial charge >= 0.3 is 12.3 Å². The van der Waals surface area contributed by atoms with E-state index in [-0.39, 0.29) is 0 Å². The molecule has 0 bridgehead atoms.